The Balaban J connectivity index is 0.000000641. The number of pyridine rings is 1. The minimum Gasteiger partial charge on any atom is -0.464 e. The summed E-state index contributed by atoms with van der Waals surface area (Å²) in [4.78, 5) is 18.2. The summed E-state index contributed by atoms with van der Waals surface area (Å²) in [6, 6.07) is 5.54. The molecule has 0 aliphatic carbocycles. The number of hydrogen-bond acceptors (Lipinski definition) is 5. The van der Waals surface area contributed by atoms with Crippen molar-refractivity contribution in [2.75, 3.05) is 7.11 Å². The summed E-state index contributed by atoms with van der Waals surface area (Å²) in [6.45, 7) is 4.00. The summed E-state index contributed by atoms with van der Waals surface area (Å²) in [6.07, 6.45) is 5.10. The summed E-state index contributed by atoms with van der Waals surface area (Å²) < 4.78 is 21.2. The van der Waals surface area contributed by atoms with Gasteiger partial charge in [-0.3, -0.25) is 4.98 Å². The zero-order valence-corrected chi connectivity index (χ0v) is 12.3. The van der Waals surface area contributed by atoms with Gasteiger partial charge in [0.1, 0.15) is 5.69 Å². The Kier molecular flexibility index (Phi) is 9.41. The molecule has 0 spiro atoms. The maximum atomic E-state index is 11.4. The highest BCUT2D eigenvalue weighted by molar-refractivity contribution is 7.51. The highest BCUT2D eigenvalue weighted by atomic mass is 32.1. The van der Waals surface area contributed by atoms with Gasteiger partial charge in [-0.25, -0.2) is 4.79 Å². The molecule has 2 aromatic rings. The average Bonchev–Trinajstić information content (AvgIpc) is 3.00. The number of esters is 1. The van der Waals surface area contributed by atoms with E-state index in [1.54, 1.807) is 18.6 Å². The van der Waals surface area contributed by atoms with Crippen molar-refractivity contribution in [1.82, 2.24) is 9.97 Å². The maximum Gasteiger partial charge on any atom is 0.355 e. The lowest BCUT2D eigenvalue weighted by molar-refractivity contribution is 0.0595. The number of ether oxygens (including phenoxy) is 1. The highest BCUT2D eigenvalue weighted by Crippen LogP contribution is 2.22. The minimum atomic E-state index is -0.750. The first-order chi connectivity index (χ1) is 9.74. The Morgan fingerprint density at radius 3 is 2.45 bits per heavy atom. The van der Waals surface area contributed by atoms with E-state index < -0.39 is 11.6 Å². The molecule has 0 saturated heterocycles. The SMILES string of the molecule is CC.COC(=O)c1[nH]ccc1-c1cccnc1.O=S=O. The van der Waals surface area contributed by atoms with Crippen LogP contribution in [0.2, 0.25) is 0 Å². The van der Waals surface area contributed by atoms with Gasteiger partial charge in [-0.2, -0.15) is 8.42 Å². The van der Waals surface area contributed by atoms with Crippen molar-refractivity contribution in [3.8, 4) is 11.1 Å². The van der Waals surface area contributed by atoms with E-state index >= 15 is 0 Å². The molecule has 0 aliphatic heterocycles. The Morgan fingerprint density at radius 1 is 1.30 bits per heavy atom. The molecule has 7 heteroatoms. The van der Waals surface area contributed by atoms with E-state index in [9.17, 15) is 4.79 Å². The molecule has 0 radical (unpaired) electrons. The van der Waals surface area contributed by atoms with Crippen molar-refractivity contribution in [3.05, 3.63) is 42.5 Å². The fourth-order valence-corrected chi connectivity index (χ4v) is 1.40. The van der Waals surface area contributed by atoms with Gasteiger partial charge in [-0.15, -0.1) is 0 Å². The van der Waals surface area contributed by atoms with Gasteiger partial charge < -0.3 is 9.72 Å². The third-order valence-electron chi connectivity index (χ3n) is 2.11. The summed E-state index contributed by atoms with van der Waals surface area (Å²) in [7, 11) is 1.36. The summed E-state index contributed by atoms with van der Waals surface area (Å²) >= 11 is -0.750. The molecule has 0 unspecified atom stereocenters. The van der Waals surface area contributed by atoms with Crippen LogP contribution >= 0.6 is 0 Å². The van der Waals surface area contributed by atoms with Crippen molar-refractivity contribution in [2.45, 2.75) is 13.8 Å². The fraction of sp³-hybridized carbons (Fsp3) is 0.231. The van der Waals surface area contributed by atoms with Crippen LogP contribution in [0.5, 0.6) is 0 Å². The highest BCUT2D eigenvalue weighted by Gasteiger charge is 2.13. The third kappa shape index (κ3) is 5.15. The molecule has 0 atom stereocenters. The Morgan fingerprint density at radius 2 is 1.95 bits per heavy atom. The van der Waals surface area contributed by atoms with Gasteiger partial charge in [0, 0.05) is 29.7 Å². The second kappa shape index (κ2) is 10.6. The minimum absolute atomic E-state index is 0.376. The van der Waals surface area contributed by atoms with Crippen LogP contribution in [0, 0.1) is 0 Å². The molecule has 108 valence electrons. The Hall–Kier alpha value is -2.28. The van der Waals surface area contributed by atoms with Crippen LogP contribution in [-0.2, 0) is 16.3 Å². The van der Waals surface area contributed by atoms with E-state index in [0.29, 0.717) is 5.69 Å². The van der Waals surface area contributed by atoms with Gasteiger partial charge in [0.15, 0.2) is 0 Å². The molecule has 2 aromatic heterocycles. The zero-order chi connectivity index (χ0) is 15.4. The monoisotopic (exact) mass is 296 g/mol. The first-order valence-electron chi connectivity index (χ1n) is 5.82. The summed E-state index contributed by atoms with van der Waals surface area (Å²) in [5.41, 5.74) is 2.14. The normalized spacial score (nSPS) is 8.35. The predicted molar refractivity (Wildman–Crippen MR) is 75.6 cm³/mol. The Labute approximate surface area is 120 Å². The standard InChI is InChI=1S/C11H10N2O2.C2H6.O2S/c1-15-11(14)10-9(4-6-13-10)8-3-2-5-12-7-8;1-2;1-3-2/h2-7,13H,1H3;1-2H3;. The molecule has 2 heterocycles. The van der Waals surface area contributed by atoms with Crippen LogP contribution in [0.4, 0.5) is 0 Å². The van der Waals surface area contributed by atoms with Gasteiger partial charge in [0.2, 0.25) is 0 Å². The first-order valence-corrected chi connectivity index (χ1v) is 6.49. The third-order valence-corrected chi connectivity index (χ3v) is 2.11. The molecular formula is C13H16N2O4S. The molecule has 0 fully saturated rings. The maximum absolute atomic E-state index is 11.4. The zero-order valence-electron chi connectivity index (χ0n) is 11.5. The van der Waals surface area contributed by atoms with Gasteiger partial charge in [-0.05, 0) is 12.1 Å². The average molecular weight is 296 g/mol. The lowest BCUT2D eigenvalue weighted by Crippen LogP contribution is -2.03. The smallest absolute Gasteiger partial charge is 0.355 e. The molecule has 20 heavy (non-hydrogen) atoms. The molecule has 0 aromatic carbocycles. The first kappa shape index (κ1) is 17.7. The molecule has 0 aliphatic rings. The molecule has 0 saturated carbocycles. The van der Waals surface area contributed by atoms with Crippen molar-refractivity contribution < 1.29 is 17.9 Å². The van der Waals surface area contributed by atoms with Crippen LogP contribution in [0.1, 0.15) is 24.3 Å². The van der Waals surface area contributed by atoms with Gasteiger partial charge in [0.25, 0.3) is 0 Å². The lowest BCUT2D eigenvalue weighted by atomic mass is 10.1. The number of rotatable bonds is 2. The van der Waals surface area contributed by atoms with Crippen LogP contribution < -0.4 is 0 Å². The van der Waals surface area contributed by atoms with Gasteiger partial charge in [-0.1, -0.05) is 19.9 Å². The second-order valence-electron chi connectivity index (χ2n) is 3.07. The number of carbonyl (C=O) groups is 1. The van der Waals surface area contributed by atoms with Crippen molar-refractivity contribution in [1.29, 1.82) is 0 Å². The number of aromatic amines is 1. The topological polar surface area (TPSA) is 89.1 Å². The number of nitrogens with one attached hydrogen (secondary N) is 1. The van der Waals surface area contributed by atoms with E-state index in [0.717, 1.165) is 11.1 Å². The molecule has 0 amide bonds. The van der Waals surface area contributed by atoms with Crippen molar-refractivity contribution in [3.63, 3.8) is 0 Å². The number of aromatic nitrogens is 2. The fourth-order valence-electron chi connectivity index (χ4n) is 1.40. The summed E-state index contributed by atoms with van der Waals surface area (Å²) in [5, 5.41) is 0. The number of nitrogens with zero attached hydrogens (tertiary/aromatic N) is 1. The van der Waals surface area contributed by atoms with Crippen LogP contribution in [0.15, 0.2) is 36.8 Å². The number of methoxy groups -OCH3 is 1. The Bertz CT molecular complexity index is 549. The largest absolute Gasteiger partial charge is 0.464 e. The predicted octanol–water partition coefficient (Wildman–Crippen LogP) is 2.22. The number of H-pyrrole nitrogens is 1. The quantitative estimate of drug-likeness (QED) is 0.858. The lowest BCUT2D eigenvalue weighted by Gasteiger charge is -2.01. The molecular weight excluding hydrogens is 280 g/mol. The molecule has 0 bridgehead atoms. The van der Waals surface area contributed by atoms with E-state index in [2.05, 4.69) is 14.7 Å². The van der Waals surface area contributed by atoms with E-state index in [1.807, 2.05) is 32.0 Å². The van der Waals surface area contributed by atoms with Gasteiger partial charge in [0.05, 0.1) is 7.11 Å². The van der Waals surface area contributed by atoms with Gasteiger partial charge >= 0.3 is 17.5 Å². The number of carbonyl (C=O) groups excluding carboxylic acids is 1. The summed E-state index contributed by atoms with van der Waals surface area (Å²) in [5.74, 6) is -0.376. The molecule has 2 rings (SSSR count). The van der Waals surface area contributed by atoms with E-state index in [-0.39, 0.29) is 5.97 Å². The van der Waals surface area contributed by atoms with Crippen molar-refractivity contribution in [2.24, 2.45) is 0 Å². The second-order valence-corrected chi connectivity index (χ2v) is 3.20. The van der Waals surface area contributed by atoms with Crippen LogP contribution in [0.25, 0.3) is 11.1 Å². The van der Waals surface area contributed by atoms with E-state index in [4.69, 9.17) is 8.42 Å². The number of hydrogen-bond donors (Lipinski definition) is 1. The molecule has 6 nitrogen and oxygen atoms in total. The van der Waals surface area contributed by atoms with Crippen LogP contribution in [0.3, 0.4) is 0 Å². The van der Waals surface area contributed by atoms with Crippen LogP contribution in [-0.4, -0.2) is 31.5 Å². The molecule has 1 N–H and O–H groups in total. The van der Waals surface area contributed by atoms with E-state index in [1.165, 1.54) is 7.11 Å². The van der Waals surface area contributed by atoms with Crippen molar-refractivity contribution >= 4 is 17.5 Å².